The fraction of sp³-hybridized carbons (Fsp3) is 0.154. The molecular formula is C39H32N2O. The van der Waals surface area contributed by atoms with Crippen LogP contribution in [0.2, 0.25) is 0 Å². The fourth-order valence-corrected chi connectivity index (χ4v) is 6.83. The lowest BCUT2D eigenvalue weighted by Crippen LogP contribution is -2.10. The summed E-state index contributed by atoms with van der Waals surface area (Å²) in [5.74, 6) is 1.50. The van der Waals surface area contributed by atoms with Gasteiger partial charge in [0, 0.05) is 10.8 Å². The van der Waals surface area contributed by atoms with Gasteiger partial charge in [0.2, 0.25) is 0 Å². The van der Waals surface area contributed by atoms with E-state index in [1.54, 1.807) is 0 Å². The van der Waals surface area contributed by atoms with Crippen molar-refractivity contribution in [2.45, 2.75) is 39.5 Å². The van der Waals surface area contributed by atoms with Crippen LogP contribution in [-0.2, 0) is 0 Å². The molecule has 0 bridgehead atoms. The molecule has 0 unspecified atom stereocenters. The molecule has 8 rings (SSSR count). The van der Waals surface area contributed by atoms with Crippen LogP contribution in [0.15, 0.2) is 114 Å². The van der Waals surface area contributed by atoms with E-state index in [1.807, 2.05) is 12.1 Å². The molecule has 0 aliphatic rings. The highest BCUT2D eigenvalue weighted by molar-refractivity contribution is 6.12. The highest BCUT2D eigenvalue weighted by Gasteiger charge is 2.26. The van der Waals surface area contributed by atoms with Crippen LogP contribution >= 0.6 is 0 Å². The molecule has 0 amide bonds. The van der Waals surface area contributed by atoms with Gasteiger partial charge in [0.05, 0.1) is 22.3 Å². The van der Waals surface area contributed by atoms with Gasteiger partial charge in [-0.3, -0.25) is 4.57 Å². The van der Waals surface area contributed by atoms with E-state index >= 15 is 0 Å². The first-order valence-electron chi connectivity index (χ1n) is 14.9. The van der Waals surface area contributed by atoms with Crippen LogP contribution in [-0.4, -0.2) is 9.55 Å². The highest BCUT2D eigenvalue weighted by Crippen LogP contribution is 2.44. The molecule has 0 saturated heterocycles. The molecule has 3 nitrogen and oxygen atoms in total. The lowest BCUT2D eigenvalue weighted by Gasteiger charge is -2.25. The Morgan fingerprint density at radius 1 is 0.643 bits per heavy atom. The van der Waals surface area contributed by atoms with Crippen LogP contribution < -0.4 is 0 Å². The quantitative estimate of drug-likeness (QED) is 0.206. The largest absolute Gasteiger partial charge is 0.455 e. The zero-order valence-electron chi connectivity index (χ0n) is 24.3. The average Bonchev–Trinajstić information content (AvgIpc) is 3.58. The molecule has 0 fully saturated rings. The van der Waals surface area contributed by atoms with Crippen molar-refractivity contribution in [2.24, 2.45) is 0 Å². The van der Waals surface area contributed by atoms with Crippen molar-refractivity contribution >= 4 is 54.5 Å². The number of imidazole rings is 1. The first kappa shape index (κ1) is 24.9. The Bertz CT molecular complexity index is 2320. The van der Waals surface area contributed by atoms with Crippen molar-refractivity contribution < 1.29 is 4.42 Å². The van der Waals surface area contributed by atoms with Crippen molar-refractivity contribution in [3.63, 3.8) is 0 Å². The third-order valence-electron chi connectivity index (χ3n) is 8.70. The normalized spacial score (nSPS) is 12.2. The van der Waals surface area contributed by atoms with Crippen molar-refractivity contribution in [1.29, 1.82) is 0 Å². The molecule has 0 radical (unpaired) electrons. The summed E-state index contributed by atoms with van der Waals surface area (Å²) in [6, 6.07) is 39.0. The molecule has 0 spiro atoms. The Morgan fingerprint density at radius 2 is 1.36 bits per heavy atom. The van der Waals surface area contributed by atoms with E-state index in [2.05, 4.69) is 129 Å². The molecule has 0 saturated carbocycles. The van der Waals surface area contributed by atoms with Crippen LogP contribution in [0.5, 0.6) is 0 Å². The van der Waals surface area contributed by atoms with Gasteiger partial charge in [0.25, 0.3) is 0 Å². The monoisotopic (exact) mass is 544 g/mol. The van der Waals surface area contributed by atoms with Gasteiger partial charge >= 0.3 is 0 Å². The number of benzene rings is 6. The molecule has 6 aromatic carbocycles. The third kappa shape index (κ3) is 3.56. The maximum absolute atomic E-state index is 6.55. The Balaban J connectivity index is 1.58. The van der Waals surface area contributed by atoms with Crippen molar-refractivity contribution in [1.82, 2.24) is 9.55 Å². The summed E-state index contributed by atoms with van der Waals surface area (Å²) >= 11 is 0. The zero-order valence-corrected chi connectivity index (χ0v) is 24.3. The second-order valence-corrected chi connectivity index (χ2v) is 12.0. The molecular weight excluding hydrogens is 512 g/mol. The van der Waals surface area contributed by atoms with E-state index in [-0.39, 0.29) is 5.92 Å². The van der Waals surface area contributed by atoms with Crippen LogP contribution in [0, 0.1) is 0 Å². The summed E-state index contributed by atoms with van der Waals surface area (Å²) in [6.07, 6.45) is 0. The van der Waals surface area contributed by atoms with Gasteiger partial charge in [-0.25, -0.2) is 4.98 Å². The summed E-state index contributed by atoms with van der Waals surface area (Å²) in [4.78, 5) is 5.33. The lowest BCUT2D eigenvalue weighted by atomic mass is 9.85. The van der Waals surface area contributed by atoms with E-state index in [4.69, 9.17) is 9.40 Å². The Kier molecular flexibility index (Phi) is 5.52. The van der Waals surface area contributed by atoms with Gasteiger partial charge in [0.15, 0.2) is 0 Å². The number of hydrogen-bond donors (Lipinski definition) is 0. The van der Waals surface area contributed by atoms with E-state index in [1.165, 1.54) is 38.4 Å². The lowest BCUT2D eigenvalue weighted by molar-refractivity contribution is 0.669. The predicted octanol–water partition coefficient (Wildman–Crippen LogP) is 11.1. The number of furan rings is 1. The van der Waals surface area contributed by atoms with E-state index < -0.39 is 0 Å². The minimum absolute atomic E-state index is 0.281. The Hall–Kier alpha value is -4.89. The van der Waals surface area contributed by atoms with Gasteiger partial charge in [0.1, 0.15) is 17.0 Å². The number of rotatable bonds is 4. The fourth-order valence-electron chi connectivity index (χ4n) is 6.83. The van der Waals surface area contributed by atoms with E-state index in [0.717, 1.165) is 44.4 Å². The minimum atomic E-state index is 0.281. The predicted molar refractivity (Wildman–Crippen MR) is 177 cm³/mol. The molecule has 42 heavy (non-hydrogen) atoms. The van der Waals surface area contributed by atoms with Gasteiger partial charge in [-0.15, -0.1) is 0 Å². The van der Waals surface area contributed by atoms with Gasteiger partial charge in [-0.1, -0.05) is 107 Å². The molecule has 0 N–H and O–H groups in total. The SMILES string of the molecule is CC(C)c1cc2ccc3ccccc3c2c(C(C)C)c1-n1c(-c2cccc3c2oc2ccccc23)nc2ccccc21. The van der Waals surface area contributed by atoms with Gasteiger partial charge in [-0.05, 0) is 74.8 Å². The number of aromatic nitrogens is 2. The van der Waals surface area contributed by atoms with Crippen LogP contribution in [0.4, 0.5) is 0 Å². The summed E-state index contributed by atoms with van der Waals surface area (Å²) in [6.45, 7) is 9.25. The smallest absolute Gasteiger partial charge is 0.149 e. The van der Waals surface area contributed by atoms with Crippen LogP contribution in [0.3, 0.4) is 0 Å². The van der Waals surface area contributed by atoms with Crippen LogP contribution in [0.25, 0.3) is 71.6 Å². The standard InChI is InChI=1S/C39H32N2O/c1-23(2)31-22-26-21-20-25-12-5-6-13-27(25)36(26)35(24(3)4)37(31)41-33-18-9-8-17-32(33)40-39(41)30-16-11-15-29-28-14-7-10-19-34(28)42-38(29)30/h5-24H,1-4H3. The molecule has 2 heterocycles. The molecule has 8 aromatic rings. The number of nitrogens with zero attached hydrogens (tertiary/aromatic N) is 2. The first-order chi connectivity index (χ1) is 20.5. The topological polar surface area (TPSA) is 31.0 Å². The number of hydrogen-bond acceptors (Lipinski definition) is 2. The minimum Gasteiger partial charge on any atom is -0.455 e. The van der Waals surface area contributed by atoms with E-state index in [9.17, 15) is 0 Å². The van der Waals surface area contributed by atoms with Gasteiger partial charge in [-0.2, -0.15) is 0 Å². The van der Waals surface area contributed by atoms with Crippen LogP contribution in [0.1, 0.15) is 50.7 Å². The first-order valence-corrected chi connectivity index (χ1v) is 14.9. The third-order valence-corrected chi connectivity index (χ3v) is 8.70. The van der Waals surface area contributed by atoms with Gasteiger partial charge < -0.3 is 4.42 Å². The maximum Gasteiger partial charge on any atom is 0.149 e. The summed E-state index contributed by atoms with van der Waals surface area (Å²) in [7, 11) is 0. The average molecular weight is 545 g/mol. The van der Waals surface area contributed by atoms with Crippen molar-refractivity contribution in [2.75, 3.05) is 0 Å². The zero-order chi connectivity index (χ0) is 28.5. The summed E-state index contributed by atoms with van der Waals surface area (Å²) in [5, 5.41) is 7.40. The molecule has 204 valence electrons. The Labute approximate surface area is 245 Å². The second-order valence-electron chi connectivity index (χ2n) is 12.0. The molecule has 3 heteroatoms. The maximum atomic E-state index is 6.55. The molecule has 0 aliphatic heterocycles. The second kappa shape index (κ2) is 9.32. The number of fused-ring (bicyclic) bond motifs is 7. The van der Waals surface area contributed by atoms with Crippen molar-refractivity contribution in [3.05, 3.63) is 120 Å². The summed E-state index contributed by atoms with van der Waals surface area (Å²) in [5.41, 5.74) is 8.76. The molecule has 0 atom stereocenters. The van der Waals surface area contributed by atoms with Crippen molar-refractivity contribution in [3.8, 4) is 17.1 Å². The summed E-state index contributed by atoms with van der Waals surface area (Å²) < 4.78 is 8.97. The van der Waals surface area contributed by atoms with E-state index in [0.29, 0.717) is 5.92 Å². The Morgan fingerprint density at radius 3 is 2.19 bits per heavy atom. The highest BCUT2D eigenvalue weighted by atomic mass is 16.3. The molecule has 2 aromatic heterocycles. The molecule has 0 aliphatic carbocycles. The number of para-hydroxylation sites is 4.